The SMILES string of the molecule is COc1ccc(OC)c(-c2nc(C)c(C(=O)N3CCCC(N4CCCCCC4)CC3)s2)c1. The molecule has 1 atom stereocenters. The molecule has 0 aliphatic carbocycles. The van der Waals surface area contributed by atoms with Crippen molar-refractivity contribution in [3.63, 3.8) is 0 Å². The molecule has 2 aromatic rings. The van der Waals surface area contributed by atoms with Gasteiger partial charge in [-0.25, -0.2) is 4.98 Å². The van der Waals surface area contributed by atoms with Crippen LogP contribution in [0.2, 0.25) is 0 Å². The number of hydrogen-bond donors (Lipinski definition) is 0. The number of nitrogens with zero attached hydrogens (tertiary/aromatic N) is 3. The summed E-state index contributed by atoms with van der Waals surface area (Å²) in [5, 5.41) is 0.791. The van der Waals surface area contributed by atoms with E-state index in [-0.39, 0.29) is 5.91 Å². The Kier molecular flexibility index (Phi) is 7.68. The Bertz CT molecular complexity index is 921. The number of rotatable bonds is 5. The number of aromatic nitrogens is 1. The fourth-order valence-corrected chi connectivity index (χ4v) is 6.00. The Labute approximate surface area is 195 Å². The van der Waals surface area contributed by atoms with Crippen LogP contribution in [0.15, 0.2) is 18.2 Å². The predicted molar refractivity (Wildman–Crippen MR) is 129 cm³/mol. The van der Waals surface area contributed by atoms with Gasteiger partial charge in [0, 0.05) is 19.1 Å². The highest BCUT2D eigenvalue weighted by Gasteiger charge is 2.28. The third kappa shape index (κ3) is 5.09. The third-order valence-corrected chi connectivity index (χ3v) is 7.95. The zero-order valence-corrected chi connectivity index (χ0v) is 20.4. The van der Waals surface area contributed by atoms with E-state index in [0.29, 0.717) is 6.04 Å². The van der Waals surface area contributed by atoms with Crippen LogP contribution in [-0.4, -0.2) is 67.1 Å². The molecule has 1 unspecified atom stereocenters. The molecule has 174 valence electrons. The molecule has 7 heteroatoms. The molecule has 0 radical (unpaired) electrons. The molecule has 2 aliphatic heterocycles. The topological polar surface area (TPSA) is 54.9 Å². The number of ether oxygens (including phenoxy) is 2. The maximum absolute atomic E-state index is 13.5. The van der Waals surface area contributed by atoms with Crippen LogP contribution in [0, 0.1) is 6.92 Å². The first-order valence-corrected chi connectivity index (χ1v) is 12.7. The van der Waals surface area contributed by atoms with Gasteiger partial charge in [-0.15, -0.1) is 11.3 Å². The number of aryl methyl sites for hydroxylation is 1. The lowest BCUT2D eigenvalue weighted by Crippen LogP contribution is -2.37. The highest BCUT2D eigenvalue weighted by Crippen LogP contribution is 2.37. The Morgan fingerprint density at radius 3 is 2.50 bits per heavy atom. The molecule has 0 spiro atoms. The van der Waals surface area contributed by atoms with Crippen molar-refractivity contribution in [1.29, 1.82) is 0 Å². The van der Waals surface area contributed by atoms with E-state index in [0.717, 1.165) is 58.6 Å². The minimum atomic E-state index is 0.115. The van der Waals surface area contributed by atoms with Crippen molar-refractivity contribution < 1.29 is 14.3 Å². The molecule has 32 heavy (non-hydrogen) atoms. The van der Waals surface area contributed by atoms with Gasteiger partial charge in [0.15, 0.2) is 0 Å². The molecule has 1 aromatic heterocycles. The van der Waals surface area contributed by atoms with E-state index in [1.807, 2.05) is 30.0 Å². The summed E-state index contributed by atoms with van der Waals surface area (Å²) < 4.78 is 10.9. The molecule has 0 bridgehead atoms. The average Bonchev–Trinajstić information content (AvgIpc) is 3.02. The van der Waals surface area contributed by atoms with E-state index in [2.05, 4.69) is 4.90 Å². The van der Waals surface area contributed by atoms with Crippen LogP contribution in [-0.2, 0) is 0 Å². The smallest absolute Gasteiger partial charge is 0.265 e. The first-order chi connectivity index (χ1) is 15.6. The number of hydrogen-bond acceptors (Lipinski definition) is 6. The van der Waals surface area contributed by atoms with Crippen LogP contribution in [0.5, 0.6) is 11.5 Å². The second-order valence-electron chi connectivity index (χ2n) is 8.83. The lowest BCUT2D eigenvalue weighted by Gasteiger charge is -2.29. The summed E-state index contributed by atoms with van der Waals surface area (Å²) in [4.78, 5) is 23.7. The van der Waals surface area contributed by atoms with Crippen LogP contribution in [0.3, 0.4) is 0 Å². The van der Waals surface area contributed by atoms with E-state index < -0.39 is 0 Å². The van der Waals surface area contributed by atoms with Gasteiger partial charge in [-0.1, -0.05) is 12.8 Å². The molecular formula is C25H35N3O3S. The van der Waals surface area contributed by atoms with Gasteiger partial charge < -0.3 is 19.3 Å². The van der Waals surface area contributed by atoms with E-state index in [1.165, 1.54) is 56.5 Å². The van der Waals surface area contributed by atoms with Gasteiger partial charge in [0.05, 0.1) is 25.5 Å². The summed E-state index contributed by atoms with van der Waals surface area (Å²) in [7, 11) is 3.29. The minimum Gasteiger partial charge on any atom is -0.497 e. The van der Waals surface area contributed by atoms with Gasteiger partial charge in [0.1, 0.15) is 21.4 Å². The fraction of sp³-hybridized carbons (Fsp3) is 0.600. The van der Waals surface area contributed by atoms with Crippen molar-refractivity contribution in [2.24, 2.45) is 0 Å². The van der Waals surface area contributed by atoms with Crippen LogP contribution in [0.25, 0.3) is 10.6 Å². The molecule has 6 nitrogen and oxygen atoms in total. The zero-order valence-electron chi connectivity index (χ0n) is 19.6. The third-order valence-electron chi connectivity index (χ3n) is 6.77. The maximum Gasteiger partial charge on any atom is 0.265 e. The number of amides is 1. The Hall–Kier alpha value is -2.12. The average molecular weight is 458 g/mol. The first kappa shape index (κ1) is 23.1. The summed E-state index contributed by atoms with van der Waals surface area (Å²) in [5.74, 6) is 1.59. The second-order valence-corrected chi connectivity index (χ2v) is 9.83. The lowest BCUT2D eigenvalue weighted by molar-refractivity contribution is 0.0760. The highest BCUT2D eigenvalue weighted by molar-refractivity contribution is 7.17. The molecule has 2 aliphatic rings. The first-order valence-electron chi connectivity index (χ1n) is 11.8. The normalized spacial score (nSPS) is 20.5. The second kappa shape index (κ2) is 10.7. The Balaban J connectivity index is 1.49. The van der Waals surface area contributed by atoms with Gasteiger partial charge in [-0.2, -0.15) is 0 Å². The molecule has 2 saturated heterocycles. The fourth-order valence-electron chi connectivity index (χ4n) is 4.94. The number of carbonyl (C=O) groups excluding carboxylic acids is 1. The van der Waals surface area contributed by atoms with E-state index in [1.54, 1.807) is 14.2 Å². The van der Waals surface area contributed by atoms with E-state index >= 15 is 0 Å². The number of carbonyl (C=O) groups is 1. The van der Waals surface area contributed by atoms with Crippen molar-refractivity contribution >= 4 is 17.2 Å². The van der Waals surface area contributed by atoms with Crippen LogP contribution in [0.4, 0.5) is 0 Å². The molecule has 0 N–H and O–H groups in total. The van der Waals surface area contributed by atoms with Crippen LogP contribution in [0.1, 0.15) is 60.3 Å². The predicted octanol–water partition coefficient (Wildman–Crippen LogP) is 5.01. The lowest BCUT2D eigenvalue weighted by atomic mass is 10.1. The number of benzene rings is 1. The summed E-state index contributed by atoms with van der Waals surface area (Å²) in [6.07, 6.45) is 8.68. The van der Waals surface area contributed by atoms with E-state index in [4.69, 9.17) is 14.5 Å². The molecule has 3 heterocycles. The molecule has 4 rings (SSSR count). The van der Waals surface area contributed by atoms with Crippen molar-refractivity contribution in [1.82, 2.24) is 14.8 Å². The van der Waals surface area contributed by atoms with Crippen LogP contribution < -0.4 is 9.47 Å². The van der Waals surface area contributed by atoms with Gasteiger partial charge in [-0.3, -0.25) is 4.79 Å². The zero-order chi connectivity index (χ0) is 22.5. The maximum atomic E-state index is 13.5. The van der Waals surface area contributed by atoms with Gasteiger partial charge in [-0.05, 0) is 70.3 Å². The molecular weight excluding hydrogens is 422 g/mol. The summed E-state index contributed by atoms with van der Waals surface area (Å²) >= 11 is 1.45. The highest BCUT2D eigenvalue weighted by atomic mass is 32.1. The Morgan fingerprint density at radius 1 is 1.00 bits per heavy atom. The monoisotopic (exact) mass is 457 g/mol. The summed E-state index contributed by atoms with van der Waals surface area (Å²) in [5.41, 5.74) is 1.64. The molecule has 0 saturated carbocycles. The van der Waals surface area contributed by atoms with Crippen molar-refractivity contribution in [2.45, 2.75) is 57.9 Å². The molecule has 2 fully saturated rings. The van der Waals surface area contributed by atoms with Crippen molar-refractivity contribution in [3.8, 4) is 22.1 Å². The summed E-state index contributed by atoms with van der Waals surface area (Å²) in [6, 6.07) is 6.28. The standard InChI is InChI=1S/C25H35N3O3S/c1-18-23(32-24(26-18)21-17-20(30-2)10-11-22(21)31-3)25(29)28-15-8-9-19(12-16-28)27-13-6-4-5-7-14-27/h10-11,17,19H,4-9,12-16H2,1-3H3. The van der Waals surface area contributed by atoms with Gasteiger partial charge >= 0.3 is 0 Å². The number of likely N-dealkylation sites (tertiary alicyclic amines) is 2. The molecule has 1 aromatic carbocycles. The summed E-state index contributed by atoms with van der Waals surface area (Å²) in [6.45, 7) is 6.03. The minimum absolute atomic E-state index is 0.115. The Morgan fingerprint density at radius 2 is 1.78 bits per heavy atom. The number of thiazole rings is 1. The quantitative estimate of drug-likeness (QED) is 0.632. The van der Waals surface area contributed by atoms with Crippen LogP contribution >= 0.6 is 11.3 Å². The number of methoxy groups -OCH3 is 2. The van der Waals surface area contributed by atoms with Crippen molar-refractivity contribution in [3.05, 3.63) is 28.8 Å². The van der Waals surface area contributed by atoms with Gasteiger partial charge in [0.25, 0.3) is 5.91 Å². The van der Waals surface area contributed by atoms with Gasteiger partial charge in [0.2, 0.25) is 0 Å². The largest absolute Gasteiger partial charge is 0.497 e. The molecule has 1 amide bonds. The van der Waals surface area contributed by atoms with Crippen molar-refractivity contribution in [2.75, 3.05) is 40.4 Å². The van der Waals surface area contributed by atoms with E-state index in [9.17, 15) is 4.79 Å².